The Hall–Kier alpha value is -2.27. The SMILES string of the molecule is O=c1[nH]c2cc(N[C@@H]3C(O)OC(CO)[C@@H](O)C3O)ccc2cc1-c1cccs1. The molecule has 1 aliphatic heterocycles. The Morgan fingerprint density at radius 3 is 2.68 bits per heavy atom. The molecule has 0 aliphatic carbocycles. The number of aliphatic hydroxyl groups excluding tert-OH is 4. The number of anilines is 1. The molecule has 148 valence electrons. The molecule has 9 heteroatoms. The van der Waals surface area contributed by atoms with Gasteiger partial charge >= 0.3 is 0 Å². The van der Waals surface area contributed by atoms with Gasteiger partial charge in [0.05, 0.1) is 17.7 Å². The zero-order chi connectivity index (χ0) is 19.8. The maximum atomic E-state index is 12.4. The molecule has 1 aliphatic rings. The lowest BCUT2D eigenvalue weighted by Gasteiger charge is -2.40. The number of thiophene rings is 1. The lowest BCUT2D eigenvalue weighted by Crippen LogP contribution is -2.61. The number of hydrogen-bond acceptors (Lipinski definition) is 8. The smallest absolute Gasteiger partial charge is 0.257 e. The summed E-state index contributed by atoms with van der Waals surface area (Å²) in [4.78, 5) is 16.1. The lowest BCUT2D eigenvalue weighted by molar-refractivity contribution is -0.245. The van der Waals surface area contributed by atoms with E-state index < -0.39 is 37.3 Å². The number of benzene rings is 1. The molecule has 1 saturated heterocycles. The quantitative estimate of drug-likeness (QED) is 0.372. The number of hydrogen-bond donors (Lipinski definition) is 6. The van der Waals surface area contributed by atoms with Crippen molar-refractivity contribution in [1.82, 2.24) is 4.98 Å². The third-order valence-corrected chi connectivity index (χ3v) is 5.77. The summed E-state index contributed by atoms with van der Waals surface area (Å²) in [6.45, 7) is -0.522. The van der Waals surface area contributed by atoms with Crippen molar-refractivity contribution in [2.45, 2.75) is 30.6 Å². The first kappa shape index (κ1) is 19.1. The summed E-state index contributed by atoms with van der Waals surface area (Å²) in [5.74, 6) is 0. The Kier molecular flexibility index (Phi) is 5.19. The Morgan fingerprint density at radius 2 is 1.96 bits per heavy atom. The first-order valence-corrected chi connectivity index (χ1v) is 9.64. The largest absolute Gasteiger partial charge is 0.394 e. The fourth-order valence-electron chi connectivity index (χ4n) is 3.35. The van der Waals surface area contributed by atoms with Crippen molar-refractivity contribution in [2.75, 3.05) is 11.9 Å². The summed E-state index contributed by atoms with van der Waals surface area (Å²) in [5.41, 5.74) is 1.49. The number of fused-ring (bicyclic) bond motifs is 1. The van der Waals surface area contributed by atoms with Gasteiger partial charge in [0.15, 0.2) is 6.29 Å². The number of pyridine rings is 1. The van der Waals surface area contributed by atoms with Gasteiger partial charge in [0.25, 0.3) is 5.56 Å². The van der Waals surface area contributed by atoms with Gasteiger partial charge in [0.2, 0.25) is 0 Å². The van der Waals surface area contributed by atoms with Crippen molar-refractivity contribution in [3.63, 3.8) is 0 Å². The highest BCUT2D eigenvalue weighted by molar-refractivity contribution is 7.13. The van der Waals surface area contributed by atoms with Crippen LogP contribution in [0.15, 0.2) is 46.6 Å². The molecule has 5 atom stereocenters. The first-order valence-electron chi connectivity index (χ1n) is 8.76. The van der Waals surface area contributed by atoms with E-state index in [4.69, 9.17) is 9.84 Å². The van der Waals surface area contributed by atoms with Crippen LogP contribution in [0.3, 0.4) is 0 Å². The van der Waals surface area contributed by atoms with Crippen LogP contribution in [-0.4, -0.2) is 62.7 Å². The minimum Gasteiger partial charge on any atom is -0.394 e. The normalized spacial score (nSPS) is 27.8. The first-order chi connectivity index (χ1) is 13.5. The molecule has 0 radical (unpaired) electrons. The standard InChI is InChI=1S/C19H20N2O6S/c22-8-13-16(23)17(24)15(19(26)27-13)20-10-4-3-9-6-11(14-2-1-5-28-14)18(25)21-12(9)7-10/h1-7,13,15-17,19-20,22-24,26H,8H2,(H,21,25)/t13?,15-,16+,17?,19?/m0/s1. The fraction of sp³-hybridized carbons (Fsp3) is 0.316. The topological polar surface area (TPSA) is 135 Å². The van der Waals surface area contributed by atoms with Gasteiger partial charge in [-0.1, -0.05) is 12.1 Å². The molecule has 6 N–H and O–H groups in total. The number of aromatic amines is 1. The molecule has 1 aromatic carbocycles. The van der Waals surface area contributed by atoms with Gasteiger partial charge < -0.3 is 35.5 Å². The van der Waals surface area contributed by atoms with Crippen molar-refractivity contribution in [3.05, 3.63) is 52.1 Å². The summed E-state index contributed by atoms with van der Waals surface area (Å²) >= 11 is 1.48. The third-order valence-electron chi connectivity index (χ3n) is 4.87. The molecule has 2 aromatic heterocycles. The molecule has 0 amide bonds. The number of aromatic nitrogens is 1. The summed E-state index contributed by atoms with van der Waals surface area (Å²) in [7, 11) is 0. The summed E-state index contributed by atoms with van der Waals surface area (Å²) in [5, 5.41) is 45.2. The van der Waals surface area contributed by atoms with Gasteiger partial charge in [-0.15, -0.1) is 11.3 Å². The predicted molar refractivity (Wildman–Crippen MR) is 105 cm³/mol. The molecular weight excluding hydrogens is 384 g/mol. The molecule has 0 bridgehead atoms. The van der Waals surface area contributed by atoms with Gasteiger partial charge in [-0.25, -0.2) is 0 Å². The average Bonchev–Trinajstić information content (AvgIpc) is 3.22. The Bertz CT molecular complexity index is 1020. The molecule has 4 rings (SSSR count). The Balaban J connectivity index is 1.62. The molecule has 3 aromatic rings. The molecular formula is C19H20N2O6S. The van der Waals surface area contributed by atoms with E-state index in [1.54, 1.807) is 18.2 Å². The highest BCUT2D eigenvalue weighted by Gasteiger charge is 2.43. The zero-order valence-electron chi connectivity index (χ0n) is 14.6. The van der Waals surface area contributed by atoms with Crippen molar-refractivity contribution in [1.29, 1.82) is 0 Å². The van der Waals surface area contributed by atoms with E-state index >= 15 is 0 Å². The molecule has 0 saturated carbocycles. The molecule has 8 nitrogen and oxygen atoms in total. The van der Waals surface area contributed by atoms with Gasteiger partial charge in [-0.3, -0.25) is 4.79 Å². The van der Waals surface area contributed by atoms with E-state index in [9.17, 15) is 20.1 Å². The molecule has 0 spiro atoms. The van der Waals surface area contributed by atoms with Crippen LogP contribution in [0.25, 0.3) is 21.3 Å². The van der Waals surface area contributed by atoms with Gasteiger partial charge in [-0.05, 0) is 35.0 Å². The van der Waals surface area contributed by atoms with Crippen LogP contribution in [0.2, 0.25) is 0 Å². The third kappa shape index (κ3) is 3.44. The molecule has 1 fully saturated rings. The highest BCUT2D eigenvalue weighted by atomic mass is 32.1. The van der Waals surface area contributed by atoms with Gasteiger partial charge in [0, 0.05) is 10.6 Å². The zero-order valence-corrected chi connectivity index (χ0v) is 15.5. The van der Waals surface area contributed by atoms with E-state index in [0.29, 0.717) is 16.8 Å². The second-order valence-corrected chi connectivity index (χ2v) is 7.64. The number of nitrogens with one attached hydrogen (secondary N) is 2. The molecule has 3 heterocycles. The van der Waals surface area contributed by atoms with E-state index in [-0.39, 0.29) is 5.56 Å². The van der Waals surface area contributed by atoms with Crippen molar-refractivity contribution >= 4 is 27.9 Å². The summed E-state index contributed by atoms with van der Waals surface area (Å²) < 4.78 is 5.14. The van der Waals surface area contributed by atoms with Crippen LogP contribution in [0.4, 0.5) is 5.69 Å². The van der Waals surface area contributed by atoms with Crippen LogP contribution in [0.5, 0.6) is 0 Å². The van der Waals surface area contributed by atoms with E-state index in [1.807, 2.05) is 23.6 Å². The molecule has 3 unspecified atom stereocenters. The number of aliphatic hydroxyl groups is 4. The van der Waals surface area contributed by atoms with Crippen LogP contribution < -0.4 is 10.9 Å². The maximum Gasteiger partial charge on any atom is 0.257 e. The maximum absolute atomic E-state index is 12.4. The Labute approximate surface area is 163 Å². The van der Waals surface area contributed by atoms with Gasteiger partial charge in [-0.2, -0.15) is 0 Å². The number of ether oxygens (including phenoxy) is 1. The minimum atomic E-state index is -1.42. The van der Waals surface area contributed by atoms with E-state index in [1.165, 1.54) is 11.3 Å². The predicted octanol–water partition coefficient (Wildman–Crippen LogP) is 0.468. The average molecular weight is 404 g/mol. The Morgan fingerprint density at radius 1 is 1.14 bits per heavy atom. The fourth-order valence-corrected chi connectivity index (χ4v) is 4.09. The summed E-state index contributed by atoms with van der Waals surface area (Å²) in [6.07, 6.45) is -5.19. The van der Waals surface area contributed by atoms with Crippen LogP contribution in [0.1, 0.15) is 0 Å². The molecule has 28 heavy (non-hydrogen) atoms. The lowest BCUT2D eigenvalue weighted by atomic mass is 9.97. The van der Waals surface area contributed by atoms with E-state index in [2.05, 4.69) is 10.3 Å². The highest BCUT2D eigenvalue weighted by Crippen LogP contribution is 2.27. The van der Waals surface area contributed by atoms with Crippen molar-refractivity contribution in [2.24, 2.45) is 0 Å². The second-order valence-electron chi connectivity index (χ2n) is 6.69. The second kappa shape index (κ2) is 7.63. The van der Waals surface area contributed by atoms with E-state index in [0.717, 1.165) is 10.3 Å². The number of rotatable bonds is 4. The van der Waals surface area contributed by atoms with Crippen LogP contribution in [0, 0.1) is 0 Å². The minimum absolute atomic E-state index is 0.214. The van der Waals surface area contributed by atoms with Crippen molar-refractivity contribution < 1.29 is 25.2 Å². The monoisotopic (exact) mass is 404 g/mol. The van der Waals surface area contributed by atoms with Gasteiger partial charge in [0.1, 0.15) is 24.4 Å². The van der Waals surface area contributed by atoms with Crippen LogP contribution >= 0.6 is 11.3 Å². The summed E-state index contributed by atoms with van der Waals surface area (Å²) in [6, 6.07) is 9.80. The van der Waals surface area contributed by atoms with Crippen molar-refractivity contribution in [3.8, 4) is 10.4 Å². The van der Waals surface area contributed by atoms with Crippen LogP contribution in [-0.2, 0) is 4.74 Å². The number of H-pyrrole nitrogens is 1.